The Morgan fingerprint density at radius 1 is 1.29 bits per heavy atom. The monoisotopic (exact) mass is 226 g/mol. The van der Waals surface area contributed by atoms with E-state index in [0.717, 1.165) is 18.8 Å². The van der Waals surface area contributed by atoms with Crippen molar-refractivity contribution in [3.05, 3.63) is 41.6 Å². The Kier molecular flexibility index (Phi) is 2.21. The van der Waals surface area contributed by atoms with E-state index >= 15 is 0 Å². The van der Waals surface area contributed by atoms with Crippen molar-refractivity contribution < 1.29 is 0 Å². The lowest BCUT2D eigenvalue weighted by Crippen LogP contribution is -2.15. The van der Waals surface area contributed by atoms with E-state index in [1.165, 1.54) is 16.8 Å². The van der Waals surface area contributed by atoms with E-state index in [-0.39, 0.29) is 0 Å². The fraction of sp³-hybridized carbons (Fsp3) is 0.231. The van der Waals surface area contributed by atoms with Crippen LogP contribution >= 0.6 is 0 Å². The van der Waals surface area contributed by atoms with Gasteiger partial charge in [0.2, 0.25) is 5.95 Å². The summed E-state index contributed by atoms with van der Waals surface area (Å²) in [5, 5.41) is 0. The number of nitrogen functional groups attached to an aromatic ring is 1. The molecule has 0 fully saturated rings. The Hall–Kier alpha value is -2.10. The number of hydrogen-bond donors (Lipinski definition) is 1. The average molecular weight is 226 g/mol. The molecule has 0 radical (unpaired) electrons. The molecule has 2 heterocycles. The number of nitrogens with zero attached hydrogens (tertiary/aromatic N) is 3. The highest BCUT2D eigenvalue weighted by atomic mass is 15.2. The summed E-state index contributed by atoms with van der Waals surface area (Å²) in [6.07, 6.45) is 2.75. The first-order chi connectivity index (χ1) is 8.24. The van der Waals surface area contributed by atoms with E-state index < -0.39 is 0 Å². The van der Waals surface area contributed by atoms with Crippen molar-refractivity contribution in [1.82, 2.24) is 9.97 Å². The van der Waals surface area contributed by atoms with E-state index in [2.05, 4.69) is 40.0 Å². The first-order valence-corrected chi connectivity index (χ1v) is 5.69. The van der Waals surface area contributed by atoms with Gasteiger partial charge in [0.15, 0.2) is 0 Å². The number of nitrogens with two attached hydrogens (primary N) is 1. The second-order valence-corrected chi connectivity index (χ2v) is 4.31. The zero-order valence-electron chi connectivity index (χ0n) is 9.72. The van der Waals surface area contributed by atoms with Crippen LogP contribution in [-0.4, -0.2) is 16.5 Å². The van der Waals surface area contributed by atoms with Gasteiger partial charge >= 0.3 is 0 Å². The number of hydrogen-bond acceptors (Lipinski definition) is 4. The van der Waals surface area contributed by atoms with Gasteiger partial charge in [-0.05, 0) is 36.6 Å². The Morgan fingerprint density at radius 2 is 2.18 bits per heavy atom. The topological polar surface area (TPSA) is 55.0 Å². The Morgan fingerprint density at radius 3 is 3.00 bits per heavy atom. The van der Waals surface area contributed by atoms with Gasteiger partial charge in [0.05, 0.1) is 0 Å². The molecule has 0 saturated heterocycles. The summed E-state index contributed by atoms with van der Waals surface area (Å²) in [6, 6.07) is 8.43. The minimum atomic E-state index is 0.323. The number of fused-ring (bicyclic) bond motifs is 1. The highest BCUT2D eigenvalue weighted by molar-refractivity contribution is 5.68. The average Bonchev–Trinajstić information content (AvgIpc) is 2.71. The maximum Gasteiger partial charge on any atom is 0.221 e. The third-order valence-electron chi connectivity index (χ3n) is 3.07. The molecule has 17 heavy (non-hydrogen) atoms. The van der Waals surface area contributed by atoms with E-state index in [9.17, 15) is 0 Å². The fourth-order valence-electron chi connectivity index (χ4n) is 2.24. The van der Waals surface area contributed by atoms with Gasteiger partial charge in [-0.3, -0.25) is 0 Å². The van der Waals surface area contributed by atoms with E-state index in [1.54, 1.807) is 6.20 Å². The lowest BCUT2D eigenvalue weighted by molar-refractivity contribution is 0.968. The highest BCUT2D eigenvalue weighted by Crippen LogP contribution is 2.33. The van der Waals surface area contributed by atoms with Crippen LogP contribution in [-0.2, 0) is 6.42 Å². The summed E-state index contributed by atoms with van der Waals surface area (Å²) in [4.78, 5) is 10.4. The summed E-state index contributed by atoms with van der Waals surface area (Å²) in [5.41, 5.74) is 9.50. The van der Waals surface area contributed by atoms with Crippen LogP contribution in [0.25, 0.3) is 0 Å². The molecule has 3 rings (SSSR count). The van der Waals surface area contributed by atoms with Crippen LogP contribution < -0.4 is 10.6 Å². The van der Waals surface area contributed by atoms with Crippen molar-refractivity contribution in [2.24, 2.45) is 0 Å². The molecule has 0 bridgehead atoms. The molecule has 86 valence electrons. The van der Waals surface area contributed by atoms with Gasteiger partial charge in [0.25, 0.3) is 0 Å². The second-order valence-electron chi connectivity index (χ2n) is 4.31. The number of rotatable bonds is 1. The molecule has 4 nitrogen and oxygen atoms in total. The van der Waals surface area contributed by atoms with Crippen LogP contribution in [0.15, 0.2) is 30.5 Å². The zero-order valence-corrected chi connectivity index (χ0v) is 9.72. The quantitative estimate of drug-likeness (QED) is 0.808. The molecular weight excluding hydrogens is 212 g/mol. The Bertz CT molecular complexity index is 565. The minimum Gasteiger partial charge on any atom is -0.368 e. The lowest BCUT2D eigenvalue weighted by Gasteiger charge is -2.18. The molecule has 1 aromatic heterocycles. The molecule has 0 unspecified atom stereocenters. The van der Waals surface area contributed by atoms with Crippen LogP contribution in [0.1, 0.15) is 11.1 Å². The molecule has 2 N–H and O–H groups in total. The molecule has 4 heteroatoms. The molecule has 2 aromatic rings. The van der Waals surface area contributed by atoms with Gasteiger partial charge in [0.1, 0.15) is 5.82 Å². The smallest absolute Gasteiger partial charge is 0.221 e. The maximum absolute atomic E-state index is 5.63. The number of benzene rings is 1. The Labute approximate surface area is 100 Å². The predicted molar refractivity (Wildman–Crippen MR) is 68.3 cm³/mol. The highest BCUT2D eigenvalue weighted by Gasteiger charge is 2.21. The van der Waals surface area contributed by atoms with Crippen LogP contribution in [0, 0.1) is 6.92 Å². The molecule has 0 atom stereocenters. The molecular formula is C13H14N4. The van der Waals surface area contributed by atoms with Crippen LogP contribution in [0.3, 0.4) is 0 Å². The molecule has 0 aliphatic carbocycles. The molecule has 1 aliphatic heterocycles. The van der Waals surface area contributed by atoms with E-state index in [0.29, 0.717) is 5.95 Å². The van der Waals surface area contributed by atoms with Crippen molar-refractivity contribution in [3.8, 4) is 0 Å². The van der Waals surface area contributed by atoms with Crippen molar-refractivity contribution in [2.75, 3.05) is 17.2 Å². The number of aromatic nitrogens is 2. The van der Waals surface area contributed by atoms with Crippen LogP contribution in [0.2, 0.25) is 0 Å². The van der Waals surface area contributed by atoms with Crippen molar-refractivity contribution in [1.29, 1.82) is 0 Å². The maximum atomic E-state index is 5.63. The van der Waals surface area contributed by atoms with Crippen molar-refractivity contribution in [3.63, 3.8) is 0 Å². The van der Waals surface area contributed by atoms with Crippen LogP contribution in [0.4, 0.5) is 17.5 Å². The van der Waals surface area contributed by atoms with Gasteiger partial charge in [-0.25, -0.2) is 4.98 Å². The summed E-state index contributed by atoms with van der Waals surface area (Å²) >= 11 is 0. The van der Waals surface area contributed by atoms with Crippen LogP contribution in [0.5, 0.6) is 0 Å². The van der Waals surface area contributed by atoms with Gasteiger partial charge in [-0.2, -0.15) is 4.98 Å². The molecule has 0 spiro atoms. The lowest BCUT2D eigenvalue weighted by atomic mass is 10.1. The summed E-state index contributed by atoms with van der Waals surface area (Å²) in [7, 11) is 0. The van der Waals surface area contributed by atoms with Gasteiger partial charge in [0, 0.05) is 18.4 Å². The second kappa shape index (κ2) is 3.73. The fourth-order valence-corrected chi connectivity index (χ4v) is 2.24. The normalized spacial score (nSPS) is 13.8. The van der Waals surface area contributed by atoms with Gasteiger partial charge in [-0.1, -0.05) is 12.1 Å². The third-order valence-corrected chi connectivity index (χ3v) is 3.07. The molecule has 1 aromatic carbocycles. The zero-order chi connectivity index (χ0) is 11.8. The first kappa shape index (κ1) is 10.1. The van der Waals surface area contributed by atoms with Crippen molar-refractivity contribution >= 4 is 17.5 Å². The van der Waals surface area contributed by atoms with Gasteiger partial charge in [-0.15, -0.1) is 0 Å². The largest absolute Gasteiger partial charge is 0.368 e. The summed E-state index contributed by atoms with van der Waals surface area (Å²) < 4.78 is 0. The van der Waals surface area contributed by atoms with Gasteiger partial charge < -0.3 is 10.6 Å². The third kappa shape index (κ3) is 1.71. The van der Waals surface area contributed by atoms with Crippen molar-refractivity contribution in [2.45, 2.75) is 13.3 Å². The Balaban J connectivity index is 2.06. The first-order valence-electron chi connectivity index (χ1n) is 5.69. The molecule has 0 saturated carbocycles. The SMILES string of the molecule is Cc1ccc2c(c1)N(c1ccnc(N)n1)CC2. The van der Waals surface area contributed by atoms with E-state index in [1.807, 2.05) is 6.07 Å². The van der Waals surface area contributed by atoms with E-state index in [4.69, 9.17) is 5.73 Å². The standard InChI is InChI=1S/C13H14N4/c1-9-2-3-10-5-7-17(11(10)8-9)12-4-6-15-13(14)16-12/h2-4,6,8H,5,7H2,1H3,(H2,14,15,16). The molecule has 1 aliphatic rings. The molecule has 0 amide bonds. The number of anilines is 3. The predicted octanol–water partition coefficient (Wildman–Crippen LogP) is 2.06. The summed E-state index contributed by atoms with van der Waals surface area (Å²) in [6.45, 7) is 3.06. The number of aryl methyl sites for hydroxylation is 1. The summed E-state index contributed by atoms with van der Waals surface area (Å²) in [5.74, 6) is 1.20. The minimum absolute atomic E-state index is 0.323.